The first-order valence-corrected chi connectivity index (χ1v) is 16.0. The normalized spacial score (nSPS) is 19.6. The number of hydrogen-bond acceptors (Lipinski definition) is 6. The third-order valence-electron chi connectivity index (χ3n) is 8.43. The molecular weight excluding hydrogens is 536 g/mol. The zero-order chi connectivity index (χ0) is 29.6. The van der Waals surface area contributed by atoms with Crippen molar-refractivity contribution in [2.45, 2.75) is 97.4 Å². The van der Waals surface area contributed by atoms with Crippen LogP contribution in [0.15, 0.2) is 30.3 Å². The fourth-order valence-electron chi connectivity index (χ4n) is 6.09. The fourth-order valence-corrected chi connectivity index (χ4v) is 7.10. The minimum Gasteiger partial charge on any atom is -0.349 e. The number of benzene rings is 1. The molecular formula is C33H44N2O5S. The molecule has 2 aromatic rings. The van der Waals surface area contributed by atoms with Gasteiger partial charge in [-0.1, -0.05) is 71.1 Å². The van der Waals surface area contributed by atoms with Gasteiger partial charge in [-0.3, -0.25) is 24.0 Å². The molecule has 0 bridgehead atoms. The highest BCUT2D eigenvalue weighted by Crippen LogP contribution is 2.33. The van der Waals surface area contributed by atoms with Crippen molar-refractivity contribution in [2.75, 3.05) is 6.54 Å². The molecule has 0 saturated heterocycles. The van der Waals surface area contributed by atoms with Crippen LogP contribution in [0.25, 0.3) is 10.1 Å². The maximum atomic E-state index is 13.8. The first kappa shape index (κ1) is 31.1. The largest absolute Gasteiger partial charge is 0.349 e. The van der Waals surface area contributed by atoms with Crippen molar-refractivity contribution < 1.29 is 24.0 Å². The molecule has 8 heteroatoms. The number of amides is 2. The van der Waals surface area contributed by atoms with E-state index in [0.29, 0.717) is 36.6 Å². The predicted octanol–water partition coefficient (Wildman–Crippen LogP) is 6.04. The Bertz CT molecular complexity index is 1240. The summed E-state index contributed by atoms with van der Waals surface area (Å²) in [5.41, 5.74) is -0.214. The van der Waals surface area contributed by atoms with Gasteiger partial charge < -0.3 is 10.6 Å². The minimum atomic E-state index is -1.09. The van der Waals surface area contributed by atoms with E-state index in [-0.39, 0.29) is 41.6 Å². The van der Waals surface area contributed by atoms with E-state index in [2.05, 4.69) is 10.6 Å². The number of carbonyl (C=O) groups is 5. The Morgan fingerprint density at radius 1 is 0.976 bits per heavy atom. The van der Waals surface area contributed by atoms with Gasteiger partial charge in [0.25, 0.3) is 5.91 Å². The molecule has 2 aliphatic carbocycles. The monoisotopic (exact) mass is 580 g/mol. The molecule has 0 aliphatic heterocycles. The molecule has 0 unspecified atom stereocenters. The molecule has 2 saturated carbocycles. The number of hydrogen-bond donors (Lipinski definition) is 2. The molecule has 1 heterocycles. The summed E-state index contributed by atoms with van der Waals surface area (Å²) in [5.74, 6) is -2.48. The van der Waals surface area contributed by atoms with Crippen LogP contribution in [-0.2, 0) is 19.2 Å². The highest BCUT2D eigenvalue weighted by atomic mass is 32.1. The number of rotatable bonds is 12. The van der Waals surface area contributed by atoms with E-state index in [0.717, 1.165) is 42.2 Å². The van der Waals surface area contributed by atoms with Crippen molar-refractivity contribution in [3.63, 3.8) is 0 Å². The van der Waals surface area contributed by atoms with E-state index in [1.165, 1.54) is 17.8 Å². The van der Waals surface area contributed by atoms with Crippen molar-refractivity contribution in [3.05, 3.63) is 35.2 Å². The third kappa shape index (κ3) is 8.81. The van der Waals surface area contributed by atoms with Gasteiger partial charge in [0.05, 0.1) is 10.9 Å². The van der Waals surface area contributed by atoms with Gasteiger partial charge >= 0.3 is 0 Å². The zero-order valence-corrected chi connectivity index (χ0v) is 25.4. The highest BCUT2D eigenvalue weighted by Gasteiger charge is 2.36. The number of nitrogens with one attached hydrogen (secondary N) is 2. The van der Waals surface area contributed by atoms with Crippen LogP contribution in [0.5, 0.6) is 0 Å². The Kier molecular flexibility index (Phi) is 10.5. The lowest BCUT2D eigenvalue weighted by molar-refractivity contribution is -0.141. The molecule has 0 radical (unpaired) electrons. The van der Waals surface area contributed by atoms with E-state index in [1.807, 2.05) is 51.1 Å². The van der Waals surface area contributed by atoms with Crippen LogP contribution in [0.3, 0.4) is 0 Å². The van der Waals surface area contributed by atoms with E-state index in [4.69, 9.17) is 0 Å². The first-order valence-electron chi connectivity index (χ1n) is 15.2. The number of thiophene rings is 1. The van der Waals surface area contributed by atoms with E-state index in [9.17, 15) is 24.0 Å². The number of carbonyl (C=O) groups excluding carboxylic acids is 5. The summed E-state index contributed by atoms with van der Waals surface area (Å²) in [7, 11) is 0. The number of Topliss-reactive ketones (excluding diaryl/α,β-unsaturated/α-hetero) is 3. The van der Waals surface area contributed by atoms with E-state index >= 15 is 0 Å². The van der Waals surface area contributed by atoms with Gasteiger partial charge in [-0.25, -0.2) is 0 Å². The molecule has 2 fully saturated rings. The minimum absolute atomic E-state index is 0.0502. The van der Waals surface area contributed by atoms with Crippen LogP contribution in [0, 0.1) is 23.2 Å². The summed E-state index contributed by atoms with van der Waals surface area (Å²) >= 11 is 1.43. The summed E-state index contributed by atoms with van der Waals surface area (Å²) < 4.78 is 1.03. The van der Waals surface area contributed by atoms with Gasteiger partial charge in [-0.15, -0.1) is 11.3 Å². The van der Waals surface area contributed by atoms with Gasteiger partial charge in [0, 0.05) is 35.9 Å². The maximum absolute atomic E-state index is 13.8. The van der Waals surface area contributed by atoms with Crippen LogP contribution >= 0.6 is 11.3 Å². The summed E-state index contributed by atoms with van der Waals surface area (Å²) in [6, 6.07) is 8.62. The molecule has 2 amide bonds. The zero-order valence-electron chi connectivity index (χ0n) is 24.6. The Morgan fingerprint density at radius 3 is 2.37 bits per heavy atom. The first-order chi connectivity index (χ1) is 19.5. The second kappa shape index (κ2) is 13.9. The molecule has 2 N–H and O–H groups in total. The van der Waals surface area contributed by atoms with Crippen LogP contribution in [0.1, 0.15) is 101 Å². The van der Waals surface area contributed by atoms with E-state index < -0.39 is 23.7 Å². The van der Waals surface area contributed by atoms with Crippen molar-refractivity contribution in [3.8, 4) is 0 Å². The van der Waals surface area contributed by atoms with Gasteiger partial charge in [0.2, 0.25) is 11.7 Å². The lowest BCUT2D eigenvalue weighted by Gasteiger charge is -2.28. The Labute approximate surface area is 247 Å². The van der Waals surface area contributed by atoms with Crippen molar-refractivity contribution >= 4 is 50.6 Å². The Morgan fingerprint density at radius 2 is 1.71 bits per heavy atom. The van der Waals surface area contributed by atoms with Crippen LogP contribution in [-0.4, -0.2) is 41.8 Å². The number of fused-ring (bicyclic) bond motifs is 1. The average Bonchev–Trinajstić information content (AvgIpc) is 3.56. The second-order valence-electron chi connectivity index (χ2n) is 13.2. The third-order valence-corrected chi connectivity index (χ3v) is 9.59. The maximum Gasteiger partial charge on any atom is 0.289 e. The molecule has 222 valence electrons. The Balaban J connectivity index is 1.52. The van der Waals surface area contributed by atoms with Crippen LogP contribution < -0.4 is 10.6 Å². The molecule has 41 heavy (non-hydrogen) atoms. The lowest BCUT2D eigenvalue weighted by atomic mass is 9.80. The molecule has 3 atom stereocenters. The highest BCUT2D eigenvalue weighted by molar-refractivity contribution is 7.20. The fraction of sp³-hybridized carbons (Fsp3) is 0.606. The molecule has 2 aliphatic rings. The summed E-state index contributed by atoms with van der Waals surface area (Å²) in [4.78, 5) is 66.6. The van der Waals surface area contributed by atoms with Crippen molar-refractivity contribution in [1.82, 2.24) is 10.6 Å². The SMILES string of the molecule is CC(C)(C)CNC(=O)C(=O)[C@H](C[C@@H]1CCCC1=O)NC(=O)[C@@H](CC(=O)c1cc2ccccc2s1)CC1CCCCC1. The van der Waals surface area contributed by atoms with Gasteiger partial charge in [-0.2, -0.15) is 0 Å². The van der Waals surface area contributed by atoms with Crippen LogP contribution in [0.2, 0.25) is 0 Å². The molecule has 0 spiro atoms. The molecule has 1 aromatic carbocycles. The standard InChI is InChI=1S/C33H44N2O5S/c1-33(2,3)20-34-32(40)30(38)25(17-22-13-9-14-26(22)36)35-31(39)24(16-21-10-5-4-6-11-21)18-27(37)29-19-23-12-7-8-15-28(23)41-29/h7-8,12,15,19,21-22,24-25H,4-6,9-11,13-14,16-18,20H2,1-3H3,(H,34,40)(H,35,39)/t22-,24+,25-/m0/s1. The topological polar surface area (TPSA) is 109 Å². The summed E-state index contributed by atoms with van der Waals surface area (Å²) in [6.45, 7) is 6.18. The summed E-state index contributed by atoms with van der Waals surface area (Å²) in [5, 5.41) is 6.56. The van der Waals surface area contributed by atoms with Crippen LogP contribution in [0.4, 0.5) is 0 Å². The smallest absolute Gasteiger partial charge is 0.289 e. The lowest BCUT2D eigenvalue weighted by Crippen LogP contribution is -2.51. The van der Waals surface area contributed by atoms with Gasteiger partial charge in [0.1, 0.15) is 5.78 Å². The predicted molar refractivity (Wildman–Crippen MR) is 162 cm³/mol. The molecule has 4 rings (SSSR count). The number of ketones is 3. The van der Waals surface area contributed by atoms with Gasteiger partial charge in [-0.05, 0) is 54.5 Å². The van der Waals surface area contributed by atoms with Crippen molar-refractivity contribution in [2.24, 2.45) is 23.2 Å². The van der Waals surface area contributed by atoms with Crippen molar-refractivity contribution in [1.29, 1.82) is 0 Å². The Hall–Kier alpha value is -2.87. The quantitative estimate of drug-likeness (QED) is 0.235. The van der Waals surface area contributed by atoms with Gasteiger partial charge in [0.15, 0.2) is 5.78 Å². The summed E-state index contributed by atoms with van der Waals surface area (Å²) in [6.07, 6.45) is 8.06. The average molecular weight is 581 g/mol. The van der Waals surface area contributed by atoms with E-state index in [1.54, 1.807) is 0 Å². The second-order valence-corrected chi connectivity index (χ2v) is 14.3. The molecule has 1 aromatic heterocycles. The molecule has 7 nitrogen and oxygen atoms in total.